The molecule has 26 heavy (non-hydrogen) atoms. The Balaban J connectivity index is 2.17. The molecule has 0 spiro atoms. The van der Waals surface area contributed by atoms with Crippen LogP contribution in [0.4, 0.5) is 5.69 Å². The molecular formula is C19H21NO5S. The summed E-state index contributed by atoms with van der Waals surface area (Å²) in [6, 6.07) is 8.19. The Morgan fingerprint density at radius 1 is 1.00 bits per heavy atom. The minimum atomic E-state index is -3.83. The number of sulfonamides is 1. The molecule has 0 radical (unpaired) electrons. The van der Waals surface area contributed by atoms with Crippen LogP contribution in [0.3, 0.4) is 0 Å². The molecule has 0 atom stereocenters. The summed E-state index contributed by atoms with van der Waals surface area (Å²) in [6.07, 6.45) is 0.146. The van der Waals surface area contributed by atoms with E-state index < -0.39 is 10.0 Å². The maximum atomic E-state index is 13.4. The van der Waals surface area contributed by atoms with Crippen LogP contribution in [-0.2, 0) is 10.0 Å². The molecule has 2 aromatic rings. The van der Waals surface area contributed by atoms with Gasteiger partial charge in [0.15, 0.2) is 5.78 Å². The maximum absolute atomic E-state index is 13.4. The number of rotatable bonds is 4. The average molecular weight is 375 g/mol. The molecule has 7 heteroatoms. The molecular weight excluding hydrogens is 354 g/mol. The normalized spacial score (nSPS) is 14.2. The van der Waals surface area contributed by atoms with Gasteiger partial charge in [-0.05, 0) is 49.2 Å². The topological polar surface area (TPSA) is 72.9 Å². The zero-order valence-electron chi connectivity index (χ0n) is 15.2. The Hall–Kier alpha value is -2.54. The molecule has 0 aromatic heterocycles. The summed E-state index contributed by atoms with van der Waals surface area (Å²) in [5.74, 6) is 1.07. The zero-order valence-corrected chi connectivity index (χ0v) is 16.0. The first-order chi connectivity index (χ1) is 12.3. The molecule has 0 fully saturated rings. The number of carbonyl (C=O) groups is 1. The summed E-state index contributed by atoms with van der Waals surface area (Å²) in [5.41, 5.74) is 2.07. The van der Waals surface area contributed by atoms with E-state index in [4.69, 9.17) is 9.47 Å². The van der Waals surface area contributed by atoms with E-state index in [9.17, 15) is 13.2 Å². The van der Waals surface area contributed by atoms with Crippen LogP contribution in [0.5, 0.6) is 11.5 Å². The zero-order chi connectivity index (χ0) is 19.1. The predicted octanol–water partition coefficient (Wildman–Crippen LogP) is 3.10. The summed E-state index contributed by atoms with van der Waals surface area (Å²) in [4.78, 5) is 12.4. The van der Waals surface area contributed by atoms with Crippen molar-refractivity contribution in [1.29, 1.82) is 0 Å². The summed E-state index contributed by atoms with van der Waals surface area (Å²) in [6.45, 7) is 3.64. The molecule has 0 amide bonds. The van der Waals surface area contributed by atoms with Gasteiger partial charge in [0.05, 0.1) is 24.8 Å². The van der Waals surface area contributed by atoms with Gasteiger partial charge in [0.2, 0.25) is 0 Å². The highest BCUT2D eigenvalue weighted by Crippen LogP contribution is 2.36. The number of aryl methyl sites for hydroxylation is 2. The van der Waals surface area contributed by atoms with Crippen molar-refractivity contribution in [3.8, 4) is 11.5 Å². The molecule has 0 aliphatic carbocycles. The summed E-state index contributed by atoms with van der Waals surface area (Å²) >= 11 is 0. The van der Waals surface area contributed by atoms with Gasteiger partial charge in [-0.3, -0.25) is 9.10 Å². The van der Waals surface area contributed by atoms with Gasteiger partial charge >= 0.3 is 0 Å². The smallest absolute Gasteiger partial charge is 0.264 e. The largest absolute Gasteiger partial charge is 0.497 e. The maximum Gasteiger partial charge on any atom is 0.264 e. The first-order valence-corrected chi connectivity index (χ1v) is 9.63. The van der Waals surface area contributed by atoms with Gasteiger partial charge in [-0.1, -0.05) is 0 Å². The average Bonchev–Trinajstić information content (AvgIpc) is 2.62. The highest BCUT2D eigenvalue weighted by atomic mass is 32.2. The molecule has 1 aliphatic rings. The van der Waals surface area contributed by atoms with Crippen LogP contribution in [0.2, 0.25) is 0 Å². The van der Waals surface area contributed by atoms with Gasteiger partial charge < -0.3 is 9.47 Å². The van der Waals surface area contributed by atoms with Crippen molar-refractivity contribution in [2.24, 2.45) is 0 Å². The van der Waals surface area contributed by atoms with Crippen molar-refractivity contribution >= 4 is 21.5 Å². The van der Waals surface area contributed by atoms with Crippen LogP contribution in [-0.4, -0.2) is 35.0 Å². The van der Waals surface area contributed by atoms with Crippen molar-refractivity contribution in [2.75, 3.05) is 25.1 Å². The van der Waals surface area contributed by atoms with Crippen molar-refractivity contribution in [3.63, 3.8) is 0 Å². The quantitative estimate of drug-likeness (QED) is 0.821. The second-order valence-electron chi connectivity index (χ2n) is 6.22. The number of anilines is 1. The summed E-state index contributed by atoms with van der Waals surface area (Å²) in [7, 11) is -0.780. The number of methoxy groups -OCH3 is 2. The van der Waals surface area contributed by atoms with Gasteiger partial charge in [0, 0.05) is 24.6 Å². The third-order valence-corrected chi connectivity index (χ3v) is 6.53. The Labute approximate surface area is 153 Å². The van der Waals surface area contributed by atoms with Crippen molar-refractivity contribution in [2.45, 2.75) is 25.2 Å². The number of ether oxygens (including phenoxy) is 2. The van der Waals surface area contributed by atoms with E-state index in [0.717, 1.165) is 5.56 Å². The van der Waals surface area contributed by atoms with Gasteiger partial charge in [-0.25, -0.2) is 8.42 Å². The first kappa shape index (κ1) is 18.3. The standard InChI is InChI=1S/C19H21NO5S/c1-12-10-19(13(2)9-18(12)25-4)26(22,23)20-8-7-17(21)15-6-5-14(24-3)11-16(15)20/h5-6,9-11H,7-8H2,1-4H3. The lowest BCUT2D eigenvalue weighted by Gasteiger charge is -2.30. The number of benzene rings is 2. The fourth-order valence-electron chi connectivity index (χ4n) is 3.17. The molecule has 0 unspecified atom stereocenters. The van der Waals surface area contributed by atoms with Gasteiger partial charge in [0.1, 0.15) is 11.5 Å². The molecule has 1 aliphatic heterocycles. The van der Waals surface area contributed by atoms with E-state index in [2.05, 4.69) is 0 Å². The SMILES string of the molecule is COc1ccc2c(c1)N(S(=O)(=O)c1cc(C)c(OC)cc1C)CCC2=O. The third kappa shape index (κ3) is 2.92. The number of ketones is 1. The lowest BCUT2D eigenvalue weighted by molar-refractivity contribution is 0.0982. The number of Topliss-reactive ketones (excluding diaryl/α,β-unsaturated/α-hetero) is 1. The lowest BCUT2D eigenvalue weighted by Crippen LogP contribution is -2.37. The minimum Gasteiger partial charge on any atom is -0.497 e. The van der Waals surface area contributed by atoms with Crippen LogP contribution < -0.4 is 13.8 Å². The molecule has 0 saturated heterocycles. The molecule has 0 N–H and O–H groups in total. The van der Waals surface area contributed by atoms with E-state index in [-0.39, 0.29) is 23.6 Å². The number of nitrogens with zero attached hydrogens (tertiary/aromatic N) is 1. The molecule has 0 bridgehead atoms. The number of hydrogen-bond acceptors (Lipinski definition) is 5. The highest BCUT2D eigenvalue weighted by Gasteiger charge is 2.34. The van der Waals surface area contributed by atoms with Crippen molar-refractivity contribution in [1.82, 2.24) is 0 Å². The van der Waals surface area contributed by atoms with Crippen LogP contribution >= 0.6 is 0 Å². The van der Waals surface area contributed by atoms with E-state index in [1.54, 1.807) is 51.3 Å². The van der Waals surface area contributed by atoms with Gasteiger partial charge in [-0.2, -0.15) is 0 Å². The Bertz CT molecular complexity index is 982. The van der Waals surface area contributed by atoms with Crippen LogP contribution in [0, 0.1) is 13.8 Å². The lowest BCUT2D eigenvalue weighted by atomic mass is 10.0. The molecule has 3 rings (SSSR count). The summed E-state index contributed by atoms with van der Waals surface area (Å²) in [5, 5.41) is 0. The van der Waals surface area contributed by atoms with Crippen LogP contribution in [0.25, 0.3) is 0 Å². The van der Waals surface area contributed by atoms with Gasteiger partial charge in [0.25, 0.3) is 10.0 Å². The second-order valence-corrected chi connectivity index (χ2v) is 8.05. The molecule has 2 aromatic carbocycles. The number of carbonyl (C=O) groups excluding carboxylic acids is 1. The Morgan fingerprint density at radius 3 is 2.38 bits per heavy atom. The monoisotopic (exact) mass is 375 g/mol. The molecule has 138 valence electrons. The Kier molecular flexibility index (Phi) is 4.66. The van der Waals surface area contributed by atoms with Crippen LogP contribution in [0.15, 0.2) is 35.2 Å². The fourth-order valence-corrected chi connectivity index (χ4v) is 4.94. The molecule has 1 heterocycles. The minimum absolute atomic E-state index is 0.0725. The predicted molar refractivity (Wildman–Crippen MR) is 98.9 cm³/mol. The fraction of sp³-hybridized carbons (Fsp3) is 0.316. The van der Waals surface area contributed by atoms with E-state index in [0.29, 0.717) is 28.3 Å². The molecule has 0 saturated carbocycles. The summed E-state index contributed by atoms with van der Waals surface area (Å²) < 4.78 is 38.5. The van der Waals surface area contributed by atoms with Crippen LogP contribution in [0.1, 0.15) is 27.9 Å². The molecule has 6 nitrogen and oxygen atoms in total. The highest BCUT2D eigenvalue weighted by molar-refractivity contribution is 7.93. The van der Waals surface area contributed by atoms with Gasteiger partial charge in [-0.15, -0.1) is 0 Å². The van der Waals surface area contributed by atoms with Crippen molar-refractivity contribution in [3.05, 3.63) is 47.0 Å². The van der Waals surface area contributed by atoms with E-state index >= 15 is 0 Å². The third-order valence-electron chi connectivity index (χ3n) is 4.58. The number of hydrogen-bond donors (Lipinski definition) is 0. The van der Waals surface area contributed by atoms with E-state index in [1.165, 1.54) is 11.4 Å². The van der Waals surface area contributed by atoms with E-state index in [1.807, 2.05) is 0 Å². The Morgan fingerprint density at radius 2 is 1.73 bits per heavy atom. The first-order valence-electron chi connectivity index (χ1n) is 8.19. The second kappa shape index (κ2) is 6.64. The number of fused-ring (bicyclic) bond motifs is 1. The van der Waals surface area contributed by atoms with Crippen molar-refractivity contribution < 1.29 is 22.7 Å².